The summed E-state index contributed by atoms with van der Waals surface area (Å²) >= 11 is 0. The van der Waals surface area contributed by atoms with E-state index in [2.05, 4.69) is 11.9 Å². The number of carbonyl (C=O) groups excluding carboxylic acids is 1. The molecule has 1 atom stereocenters. The highest BCUT2D eigenvalue weighted by molar-refractivity contribution is 5.85. The van der Waals surface area contributed by atoms with Gasteiger partial charge in [0.05, 0.1) is 6.54 Å². The van der Waals surface area contributed by atoms with Gasteiger partial charge in [-0.15, -0.1) is 12.4 Å². The summed E-state index contributed by atoms with van der Waals surface area (Å²) in [5.74, 6) is 1.14. The van der Waals surface area contributed by atoms with Gasteiger partial charge in [-0.25, -0.2) is 0 Å². The highest BCUT2D eigenvalue weighted by Crippen LogP contribution is 2.22. The molecule has 0 fully saturated rings. The number of hydrogen-bond acceptors (Lipinski definition) is 3. The molecular formula is C20H31ClN2O3. The zero-order chi connectivity index (χ0) is 18.1. The van der Waals surface area contributed by atoms with Gasteiger partial charge in [-0.05, 0) is 49.9 Å². The number of unbranched alkanes of at least 4 members (excludes halogenated alkanes) is 1. The van der Waals surface area contributed by atoms with Gasteiger partial charge in [0, 0.05) is 37.2 Å². The van der Waals surface area contributed by atoms with Crippen molar-refractivity contribution in [2.45, 2.75) is 46.0 Å². The summed E-state index contributed by atoms with van der Waals surface area (Å²) < 4.78 is 5.09. The average molecular weight is 383 g/mol. The number of rotatable bonds is 11. The van der Waals surface area contributed by atoms with Crippen LogP contribution in [0.25, 0.3) is 10.9 Å². The quantitative estimate of drug-likeness (QED) is 0.441. The third-order valence-corrected chi connectivity index (χ3v) is 4.56. The summed E-state index contributed by atoms with van der Waals surface area (Å²) in [7, 11) is 1.72. The number of carbonyl (C=O) groups is 1. The molecule has 0 spiro atoms. The molecule has 1 aromatic heterocycles. The van der Waals surface area contributed by atoms with E-state index < -0.39 is 0 Å². The number of methoxy groups -OCH3 is 1. The molecule has 5 nitrogen and oxygen atoms in total. The summed E-state index contributed by atoms with van der Waals surface area (Å²) in [6, 6.07) is 7.79. The second kappa shape index (κ2) is 11.8. The van der Waals surface area contributed by atoms with E-state index in [1.807, 2.05) is 37.4 Å². The third kappa shape index (κ3) is 6.54. The van der Waals surface area contributed by atoms with Crippen LogP contribution < -0.4 is 4.84 Å². The molecule has 1 N–H and O–H groups in total. The van der Waals surface area contributed by atoms with Crippen molar-refractivity contribution in [3.8, 4) is 5.75 Å². The number of hydroxylamine groups is 2. The SMILES string of the molecule is CCC(CCCCOC)CC(=O)N(CC)Oc1ccc2[nH]ccc2c1.Cl. The maximum absolute atomic E-state index is 12.6. The topological polar surface area (TPSA) is 54.6 Å². The van der Waals surface area contributed by atoms with Gasteiger partial charge in [-0.2, -0.15) is 5.06 Å². The molecule has 1 heterocycles. The monoisotopic (exact) mass is 382 g/mol. The van der Waals surface area contributed by atoms with Crippen molar-refractivity contribution >= 4 is 29.2 Å². The second-order valence-electron chi connectivity index (χ2n) is 6.37. The Balaban J connectivity index is 0.00000338. The molecule has 0 bridgehead atoms. The fourth-order valence-corrected chi connectivity index (χ4v) is 2.99. The van der Waals surface area contributed by atoms with Crippen molar-refractivity contribution in [1.82, 2.24) is 10.0 Å². The van der Waals surface area contributed by atoms with Gasteiger partial charge in [-0.1, -0.05) is 19.8 Å². The van der Waals surface area contributed by atoms with E-state index in [1.54, 1.807) is 7.11 Å². The van der Waals surface area contributed by atoms with E-state index in [9.17, 15) is 4.79 Å². The molecule has 1 unspecified atom stereocenters. The van der Waals surface area contributed by atoms with Gasteiger partial charge in [0.25, 0.3) is 5.91 Å². The zero-order valence-electron chi connectivity index (χ0n) is 16.0. The number of hydrogen-bond donors (Lipinski definition) is 1. The van der Waals surface area contributed by atoms with E-state index in [-0.39, 0.29) is 18.3 Å². The van der Waals surface area contributed by atoms with E-state index in [0.717, 1.165) is 43.2 Å². The van der Waals surface area contributed by atoms with Crippen LogP contribution in [0, 0.1) is 5.92 Å². The fourth-order valence-electron chi connectivity index (χ4n) is 2.99. The van der Waals surface area contributed by atoms with Crippen LogP contribution in [0.3, 0.4) is 0 Å². The predicted molar refractivity (Wildman–Crippen MR) is 108 cm³/mol. The van der Waals surface area contributed by atoms with Gasteiger partial charge in [-0.3, -0.25) is 4.79 Å². The molecule has 6 heteroatoms. The van der Waals surface area contributed by atoms with E-state index in [0.29, 0.717) is 24.6 Å². The van der Waals surface area contributed by atoms with Gasteiger partial charge >= 0.3 is 0 Å². The Labute approximate surface area is 162 Å². The molecule has 26 heavy (non-hydrogen) atoms. The van der Waals surface area contributed by atoms with E-state index >= 15 is 0 Å². The van der Waals surface area contributed by atoms with Crippen molar-refractivity contribution in [1.29, 1.82) is 0 Å². The van der Waals surface area contributed by atoms with Gasteiger partial charge in [0.1, 0.15) is 0 Å². The maximum atomic E-state index is 12.6. The number of aromatic amines is 1. The lowest BCUT2D eigenvalue weighted by Crippen LogP contribution is -2.35. The Morgan fingerprint density at radius 1 is 1.23 bits per heavy atom. The second-order valence-corrected chi connectivity index (χ2v) is 6.37. The average Bonchev–Trinajstić information content (AvgIpc) is 3.09. The number of halogens is 1. The summed E-state index contributed by atoms with van der Waals surface area (Å²) in [5.41, 5.74) is 1.06. The normalized spacial score (nSPS) is 11.8. The molecule has 1 amide bonds. The van der Waals surface area contributed by atoms with Crippen LogP contribution in [0.2, 0.25) is 0 Å². The molecule has 0 aliphatic rings. The molecule has 2 rings (SSSR count). The highest BCUT2D eigenvalue weighted by Gasteiger charge is 2.19. The zero-order valence-corrected chi connectivity index (χ0v) is 16.8. The number of fused-ring (bicyclic) bond motifs is 1. The van der Waals surface area contributed by atoms with Crippen LogP contribution in [0.4, 0.5) is 0 Å². The van der Waals surface area contributed by atoms with Crippen LogP contribution in [-0.4, -0.2) is 36.2 Å². The Kier molecular flexibility index (Phi) is 10.1. The Morgan fingerprint density at radius 3 is 2.73 bits per heavy atom. The first-order chi connectivity index (χ1) is 12.2. The minimum Gasteiger partial charge on any atom is -0.385 e. The highest BCUT2D eigenvalue weighted by atomic mass is 35.5. The lowest BCUT2D eigenvalue weighted by atomic mass is 9.95. The van der Waals surface area contributed by atoms with Crippen LogP contribution in [0.1, 0.15) is 46.0 Å². The minimum atomic E-state index is 0. The molecule has 0 aliphatic carbocycles. The summed E-state index contributed by atoms with van der Waals surface area (Å²) in [6.45, 7) is 5.40. The molecule has 2 aromatic rings. The number of ether oxygens (including phenoxy) is 1. The summed E-state index contributed by atoms with van der Waals surface area (Å²) in [5, 5.41) is 2.55. The lowest BCUT2D eigenvalue weighted by Gasteiger charge is -2.23. The van der Waals surface area contributed by atoms with E-state index in [1.165, 1.54) is 5.06 Å². The van der Waals surface area contributed by atoms with E-state index in [4.69, 9.17) is 9.57 Å². The largest absolute Gasteiger partial charge is 0.385 e. The Bertz CT molecular complexity index is 659. The van der Waals surface area contributed by atoms with Crippen LogP contribution >= 0.6 is 12.4 Å². The van der Waals surface area contributed by atoms with Crippen LogP contribution in [0.15, 0.2) is 30.5 Å². The molecule has 0 radical (unpaired) electrons. The molecule has 1 aromatic carbocycles. The van der Waals surface area contributed by atoms with Crippen molar-refractivity contribution in [3.05, 3.63) is 30.5 Å². The first-order valence-corrected chi connectivity index (χ1v) is 9.22. The first-order valence-electron chi connectivity index (χ1n) is 9.22. The predicted octanol–water partition coefficient (Wildman–Crippen LogP) is 4.97. The lowest BCUT2D eigenvalue weighted by molar-refractivity contribution is -0.157. The number of nitrogens with zero attached hydrogens (tertiary/aromatic N) is 1. The molecule has 0 saturated carbocycles. The molecule has 146 valence electrons. The number of aromatic nitrogens is 1. The number of H-pyrrole nitrogens is 1. The molecule has 0 aliphatic heterocycles. The maximum Gasteiger partial charge on any atom is 0.255 e. The Hall–Kier alpha value is -1.72. The molecule has 0 saturated heterocycles. The number of amides is 1. The standard InChI is InChI=1S/C20H30N2O3.ClH/c1-4-16(8-6-7-13-24-3)14-20(23)22(5-2)25-18-9-10-19-17(15-18)11-12-21-19;/h9-12,15-16,21H,4-8,13-14H2,1-3H3;1H. The summed E-state index contributed by atoms with van der Waals surface area (Å²) in [4.78, 5) is 21.6. The van der Waals surface area contributed by atoms with Crippen molar-refractivity contribution in [2.75, 3.05) is 20.3 Å². The van der Waals surface area contributed by atoms with Gasteiger partial charge in [0.2, 0.25) is 0 Å². The number of nitrogens with one attached hydrogen (secondary N) is 1. The first kappa shape index (κ1) is 22.3. The fraction of sp³-hybridized carbons (Fsp3) is 0.550. The van der Waals surface area contributed by atoms with Crippen molar-refractivity contribution in [3.63, 3.8) is 0 Å². The number of benzene rings is 1. The van der Waals surface area contributed by atoms with Crippen molar-refractivity contribution < 1.29 is 14.4 Å². The minimum absolute atomic E-state index is 0. The van der Waals surface area contributed by atoms with Crippen molar-refractivity contribution in [2.24, 2.45) is 5.92 Å². The smallest absolute Gasteiger partial charge is 0.255 e. The van der Waals surface area contributed by atoms with Crippen LogP contribution in [-0.2, 0) is 9.53 Å². The van der Waals surface area contributed by atoms with Gasteiger partial charge in [0.15, 0.2) is 5.75 Å². The third-order valence-electron chi connectivity index (χ3n) is 4.56. The molecular weight excluding hydrogens is 352 g/mol. The van der Waals surface area contributed by atoms with Crippen LogP contribution in [0.5, 0.6) is 5.75 Å². The summed E-state index contributed by atoms with van der Waals surface area (Å²) in [6.07, 6.45) is 6.63. The van der Waals surface area contributed by atoms with Gasteiger partial charge < -0.3 is 14.6 Å². The Morgan fingerprint density at radius 2 is 2.04 bits per heavy atom.